The van der Waals surface area contributed by atoms with Crippen molar-refractivity contribution >= 4 is 5.97 Å². The van der Waals surface area contributed by atoms with Crippen molar-refractivity contribution in [2.24, 2.45) is 5.92 Å². The summed E-state index contributed by atoms with van der Waals surface area (Å²) in [5, 5.41) is 21.2. The monoisotopic (exact) mass is 201 g/mol. The minimum absolute atomic E-state index is 0.132. The van der Waals surface area contributed by atoms with Crippen molar-refractivity contribution in [3.8, 4) is 0 Å². The fourth-order valence-electron chi connectivity index (χ4n) is 1.59. The van der Waals surface area contributed by atoms with E-state index in [-0.39, 0.29) is 6.54 Å². The molecule has 0 aromatic heterocycles. The summed E-state index contributed by atoms with van der Waals surface area (Å²) in [6.45, 7) is 3.59. The van der Waals surface area contributed by atoms with E-state index in [1.165, 1.54) is 13.3 Å². The van der Waals surface area contributed by atoms with E-state index in [0.29, 0.717) is 12.0 Å². The van der Waals surface area contributed by atoms with Crippen LogP contribution < -0.4 is 5.32 Å². The molecule has 3 N–H and O–H groups in total. The Hall–Kier alpha value is -0.610. The Kier molecular flexibility index (Phi) is 3.50. The van der Waals surface area contributed by atoms with Gasteiger partial charge in [0.05, 0.1) is 0 Å². The van der Waals surface area contributed by atoms with Gasteiger partial charge in [0.15, 0.2) is 5.60 Å². The standard InChI is InChI=1S/C10H19NO3/c1-3-4-7-5-8(7)11-6-10(2,14)9(12)13/h7-8,11,14H,3-6H2,1-2H3,(H,12,13). The van der Waals surface area contributed by atoms with Gasteiger partial charge in [0.25, 0.3) is 0 Å². The Morgan fingerprint density at radius 1 is 1.64 bits per heavy atom. The van der Waals surface area contributed by atoms with Crippen molar-refractivity contribution in [2.75, 3.05) is 6.54 Å². The van der Waals surface area contributed by atoms with E-state index in [1.54, 1.807) is 0 Å². The predicted octanol–water partition coefficient (Wildman–Crippen LogP) is 0.600. The number of carbonyl (C=O) groups is 1. The fraction of sp³-hybridized carbons (Fsp3) is 0.900. The maximum Gasteiger partial charge on any atom is 0.336 e. The van der Waals surface area contributed by atoms with Gasteiger partial charge in [-0.05, 0) is 25.7 Å². The number of rotatable bonds is 6. The fourth-order valence-corrected chi connectivity index (χ4v) is 1.59. The van der Waals surface area contributed by atoms with Crippen molar-refractivity contribution in [1.29, 1.82) is 0 Å². The van der Waals surface area contributed by atoms with Crippen molar-refractivity contribution in [3.63, 3.8) is 0 Å². The van der Waals surface area contributed by atoms with Gasteiger partial charge in [-0.3, -0.25) is 0 Å². The molecule has 1 saturated carbocycles. The quantitative estimate of drug-likeness (QED) is 0.588. The molecule has 1 aliphatic carbocycles. The molecule has 14 heavy (non-hydrogen) atoms. The number of nitrogens with one attached hydrogen (secondary N) is 1. The zero-order valence-electron chi connectivity index (χ0n) is 8.79. The molecule has 1 fully saturated rings. The highest BCUT2D eigenvalue weighted by Crippen LogP contribution is 2.34. The minimum Gasteiger partial charge on any atom is -0.479 e. The van der Waals surface area contributed by atoms with Gasteiger partial charge in [0.2, 0.25) is 0 Å². The highest BCUT2D eigenvalue weighted by atomic mass is 16.4. The highest BCUT2D eigenvalue weighted by Gasteiger charge is 2.38. The Morgan fingerprint density at radius 2 is 2.29 bits per heavy atom. The SMILES string of the molecule is CCCC1CC1NCC(C)(O)C(=O)O. The number of hydrogen-bond acceptors (Lipinski definition) is 3. The van der Waals surface area contributed by atoms with Crippen LogP contribution in [0.25, 0.3) is 0 Å². The summed E-state index contributed by atoms with van der Waals surface area (Å²) in [7, 11) is 0. The molecule has 82 valence electrons. The Morgan fingerprint density at radius 3 is 2.79 bits per heavy atom. The first kappa shape index (κ1) is 11.5. The van der Waals surface area contributed by atoms with Crippen LogP contribution in [0.2, 0.25) is 0 Å². The third-order valence-corrected chi connectivity index (χ3v) is 2.75. The van der Waals surface area contributed by atoms with Crippen molar-refractivity contribution in [1.82, 2.24) is 5.32 Å². The number of aliphatic hydroxyl groups is 1. The number of aliphatic carboxylic acids is 1. The molecule has 4 heteroatoms. The second-order valence-electron chi connectivity index (χ2n) is 4.35. The molecule has 0 aromatic carbocycles. The summed E-state index contributed by atoms with van der Waals surface area (Å²) in [6, 6.07) is 0.417. The van der Waals surface area contributed by atoms with Crippen LogP contribution >= 0.6 is 0 Å². The average molecular weight is 201 g/mol. The molecule has 4 nitrogen and oxygen atoms in total. The van der Waals surface area contributed by atoms with E-state index >= 15 is 0 Å². The third-order valence-electron chi connectivity index (χ3n) is 2.75. The van der Waals surface area contributed by atoms with Crippen LogP contribution in [-0.4, -0.2) is 34.4 Å². The number of carboxylic acids is 1. The van der Waals surface area contributed by atoms with Crippen molar-refractivity contribution < 1.29 is 15.0 Å². The first-order valence-electron chi connectivity index (χ1n) is 5.16. The summed E-state index contributed by atoms with van der Waals surface area (Å²) >= 11 is 0. The van der Waals surface area contributed by atoms with Gasteiger partial charge < -0.3 is 15.5 Å². The Balaban J connectivity index is 2.19. The van der Waals surface area contributed by atoms with Gasteiger partial charge in [-0.2, -0.15) is 0 Å². The first-order chi connectivity index (χ1) is 6.47. The minimum atomic E-state index is -1.64. The lowest BCUT2D eigenvalue weighted by atomic mass is 10.1. The van der Waals surface area contributed by atoms with Crippen LogP contribution in [0.5, 0.6) is 0 Å². The van der Waals surface area contributed by atoms with E-state index < -0.39 is 11.6 Å². The molecule has 1 aliphatic rings. The van der Waals surface area contributed by atoms with Crippen LogP contribution in [0.4, 0.5) is 0 Å². The zero-order chi connectivity index (χ0) is 10.8. The van der Waals surface area contributed by atoms with Crippen LogP contribution in [0, 0.1) is 5.92 Å². The second kappa shape index (κ2) is 4.28. The van der Waals surface area contributed by atoms with E-state index in [4.69, 9.17) is 5.11 Å². The third kappa shape index (κ3) is 2.96. The zero-order valence-corrected chi connectivity index (χ0v) is 8.79. The van der Waals surface area contributed by atoms with Crippen LogP contribution in [0.3, 0.4) is 0 Å². The van der Waals surface area contributed by atoms with Gasteiger partial charge in [-0.15, -0.1) is 0 Å². The molecule has 0 aromatic rings. The molecule has 3 unspecified atom stereocenters. The summed E-state index contributed by atoms with van der Waals surface area (Å²) in [5.74, 6) is -0.484. The molecule has 0 aliphatic heterocycles. The largest absolute Gasteiger partial charge is 0.479 e. The van der Waals surface area contributed by atoms with E-state index in [9.17, 15) is 9.90 Å². The molecule has 0 bridgehead atoms. The molecular formula is C10H19NO3. The van der Waals surface area contributed by atoms with Crippen molar-refractivity contribution in [3.05, 3.63) is 0 Å². The number of carboxylic acid groups (broad SMARTS) is 1. The molecule has 1 rings (SSSR count). The van der Waals surface area contributed by atoms with E-state index in [2.05, 4.69) is 12.2 Å². The predicted molar refractivity (Wildman–Crippen MR) is 53.1 cm³/mol. The maximum absolute atomic E-state index is 10.6. The van der Waals surface area contributed by atoms with Crippen molar-refractivity contribution in [2.45, 2.75) is 44.8 Å². The van der Waals surface area contributed by atoms with E-state index in [0.717, 1.165) is 12.8 Å². The molecule has 3 atom stereocenters. The number of hydrogen-bond donors (Lipinski definition) is 3. The second-order valence-corrected chi connectivity index (χ2v) is 4.35. The molecular weight excluding hydrogens is 182 g/mol. The summed E-state index contributed by atoms with van der Waals surface area (Å²) in [5.41, 5.74) is -1.64. The smallest absolute Gasteiger partial charge is 0.336 e. The highest BCUT2D eigenvalue weighted by molar-refractivity contribution is 5.76. The summed E-state index contributed by atoms with van der Waals surface area (Å²) in [6.07, 6.45) is 3.47. The van der Waals surface area contributed by atoms with Crippen LogP contribution in [-0.2, 0) is 4.79 Å². The van der Waals surface area contributed by atoms with Gasteiger partial charge in [0.1, 0.15) is 0 Å². The van der Waals surface area contributed by atoms with E-state index in [1.807, 2.05) is 0 Å². The van der Waals surface area contributed by atoms with Crippen LogP contribution in [0.1, 0.15) is 33.1 Å². The van der Waals surface area contributed by atoms with Crippen LogP contribution in [0.15, 0.2) is 0 Å². The summed E-state index contributed by atoms with van der Waals surface area (Å²) in [4.78, 5) is 10.6. The lowest BCUT2D eigenvalue weighted by Crippen LogP contribution is -2.45. The van der Waals surface area contributed by atoms with Gasteiger partial charge in [-0.1, -0.05) is 13.3 Å². The van der Waals surface area contributed by atoms with Gasteiger partial charge >= 0.3 is 5.97 Å². The Labute approximate surface area is 84.3 Å². The topological polar surface area (TPSA) is 69.6 Å². The lowest BCUT2D eigenvalue weighted by molar-refractivity contribution is -0.156. The van der Waals surface area contributed by atoms with Gasteiger partial charge in [-0.25, -0.2) is 4.79 Å². The maximum atomic E-state index is 10.6. The molecule has 0 spiro atoms. The van der Waals surface area contributed by atoms with Gasteiger partial charge in [0, 0.05) is 12.6 Å². The first-order valence-corrected chi connectivity index (χ1v) is 5.16. The molecule has 0 amide bonds. The molecule has 0 heterocycles. The average Bonchev–Trinajstić information content (AvgIpc) is 2.81. The normalized spacial score (nSPS) is 29.6. The molecule has 0 radical (unpaired) electrons. The summed E-state index contributed by atoms with van der Waals surface area (Å²) < 4.78 is 0. The Bertz CT molecular complexity index is 215. The lowest BCUT2D eigenvalue weighted by Gasteiger charge is -2.18. The molecule has 0 saturated heterocycles.